The van der Waals surface area contributed by atoms with Crippen molar-refractivity contribution in [3.8, 4) is 0 Å². The van der Waals surface area contributed by atoms with Gasteiger partial charge in [0.05, 0.1) is 12.1 Å². The maximum atomic E-state index is 12.8. The largest absolute Gasteiger partial charge is 0.445 e. The van der Waals surface area contributed by atoms with E-state index >= 15 is 0 Å². The lowest BCUT2D eigenvalue weighted by atomic mass is 9.97. The zero-order valence-electron chi connectivity index (χ0n) is 15.6. The summed E-state index contributed by atoms with van der Waals surface area (Å²) in [6.45, 7) is 3.07. The standard InChI is InChI=1S/C21H21ClN4O2/c1-14-23-9-8-19(25-14)21(27)26-10-4-6-16(13-26)20-24-12-17(28-20)11-15-5-2-3-7-18(15)22/h2-3,5,7-9,12,16H,4,6,10-11,13H2,1H3/t16-/m1/s1. The molecule has 7 heteroatoms. The van der Waals surface area contributed by atoms with Gasteiger partial charge in [-0.25, -0.2) is 15.0 Å². The van der Waals surface area contributed by atoms with Crippen LogP contribution in [0.4, 0.5) is 0 Å². The molecule has 3 aromatic rings. The van der Waals surface area contributed by atoms with Gasteiger partial charge in [-0.3, -0.25) is 4.79 Å². The molecule has 0 radical (unpaired) electrons. The van der Waals surface area contributed by atoms with Crippen molar-refractivity contribution in [2.75, 3.05) is 13.1 Å². The third-order valence-corrected chi connectivity index (χ3v) is 5.32. The molecule has 4 rings (SSSR count). The molecule has 1 saturated heterocycles. The lowest BCUT2D eigenvalue weighted by Gasteiger charge is -2.31. The zero-order valence-corrected chi connectivity index (χ0v) is 16.4. The molecular formula is C21H21ClN4O2. The van der Waals surface area contributed by atoms with Crippen LogP contribution in [0.15, 0.2) is 47.1 Å². The van der Waals surface area contributed by atoms with Gasteiger partial charge in [-0.15, -0.1) is 0 Å². The number of oxazole rings is 1. The molecule has 0 saturated carbocycles. The van der Waals surface area contributed by atoms with Crippen LogP contribution in [-0.4, -0.2) is 38.8 Å². The molecule has 0 N–H and O–H groups in total. The van der Waals surface area contributed by atoms with E-state index in [1.807, 2.05) is 29.2 Å². The van der Waals surface area contributed by atoms with Crippen LogP contribution in [0, 0.1) is 6.92 Å². The molecule has 3 heterocycles. The number of amides is 1. The molecular weight excluding hydrogens is 376 g/mol. The quantitative estimate of drug-likeness (QED) is 0.665. The number of aryl methyl sites for hydroxylation is 1. The Bertz CT molecular complexity index is 988. The Kier molecular flexibility index (Phi) is 5.39. The molecule has 0 unspecified atom stereocenters. The van der Waals surface area contributed by atoms with E-state index in [0.29, 0.717) is 36.9 Å². The summed E-state index contributed by atoms with van der Waals surface area (Å²) >= 11 is 6.24. The van der Waals surface area contributed by atoms with Crippen LogP contribution in [0.2, 0.25) is 5.02 Å². The molecule has 28 heavy (non-hydrogen) atoms. The minimum atomic E-state index is -0.0713. The Morgan fingerprint density at radius 3 is 2.96 bits per heavy atom. The SMILES string of the molecule is Cc1nccc(C(=O)N2CCC[C@@H](c3ncc(Cc4ccccc4Cl)o3)C2)n1. The predicted octanol–water partition coefficient (Wildman–Crippen LogP) is 4.04. The maximum absolute atomic E-state index is 12.8. The first-order valence-electron chi connectivity index (χ1n) is 9.37. The van der Waals surface area contributed by atoms with E-state index in [-0.39, 0.29) is 11.8 Å². The fourth-order valence-corrected chi connectivity index (χ4v) is 3.73. The highest BCUT2D eigenvalue weighted by Gasteiger charge is 2.29. The molecule has 2 aromatic heterocycles. The molecule has 0 bridgehead atoms. The number of piperidine rings is 1. The van der Waals surface area contributed by atoms with Crippen molar-refractivity contribution in [3.05, 3.63) is 76.5 Å². The van der Waals surface area contributed by atoms with Gasteiger partial charge in [0.2, 0.25) is 0 Å². The topological polar surface area (TPSA) is 72.1 Å². The van der Waals surface area contributed by atoms with Crippen molar-refractivity contribution in [2.24, 2.45) is 0 Å². The summed E-state index contributed by atoms with van der Waals surface area (Å²) in [4.78, 5) is 27.4. The van der Waals surface area contributed by atoms with Crippen LogP contribution in [0.25, 0.3) is 0 Å². The van der Waals surface area contributed by atoms with E-state index in [1.165, 1.54) is 0 Å². The molecule has 6 nitrogen and oxygen atoms in total. The van der Waals surface area contributed by atoms with E-state index in [1.54, 1.807) is 25.4 Å². The highest BCUT2D eigenvalue weighted by Crippen LogP contribution is 2.28. The molecule has 1 aliphatic heterocycles. The zero-order chi connectivity index (χ0) is 19.5. The Hall–Kier alpha value is -2.73. The second-order valence-corrected chi connectivity index (χ2v) is 7.42. The second kappa shape index (κ2) is 8.10. The minimum absolute atomic E-state index is 0.0713. The number of nitrogens with zero attached hydrogens (tertiary/aromatic N) is 4. The van der Waals surface area contributed by atoms with Crippen molar-refractivity contribution >= 4 is 17.5 Å². The highest BCUT2D eigenvalue weighted by molar-refractivity contribution is 6.31. The number of benzene rings is 1. The fourth-order valence-electron chi connectivity index (χ4n) is 3.52. The van der Waals surface area contributed by atoms with Gasteiger partial charge in [-0.2, -0.15) is 0 Å². The number of hydrogen-bond acceptors (Lipinski definition) is 5. The van der Waals surface area contributed by atoms with Gasteiger partial charge in [0.15, 0.2) is 5.89 Å². The van der Waals surface area contributed by atoms with Crippen LogP contribution in [0.1, 0.15) is 52.3 Å². The first kappa shape index (κ1) is 18.6. The first-order valence-corrected chi connectivity index (χ1v) is 9.75. The highest BCUT2D eigenvalue weighted by atomic mass is 35.5. The molecule has 1 aliphatic rings. The lowest BCUT2D eigenvalue weighted by molar-refractivity contribution is 0.0691. The average molecular weight is 397 g/mol. The monoisotopic (exact) mass is 396 g/mol. The third kappa shape index (κ3) is 4.07. The summed E-state index contributed by atoms with van der Waals surface area (Å²) in [5, 5.41) is 0.718. The summed E-state index contributed by atoms with van der Waals surface area (Å²) in [6, 6.07) is 9.37. The van der Waals surface area contributed by atoms with Crippen LogP contribution >= 0.6 is 11.6 Å². The Morgan fingerprint density at radius 2 is 2.14 bits per heavy atom. The molecule has 1 atom stereocenters. The van der Waals surface area contributed by atoms with Gasteiger partial charge in [0.25, 0.3) is 5.91 Å². The van der Waals surface area contributed by atoms with Crippen molar-refractivity contribution < 1.29 is 9.21 Å². The van der Waals surface area contributed by atoms with Crippen molar-refractivity contribution in [3.63, 3.8) is 0 Å². The molecule has 0 spiro atoms. The number of carbonyl (C=O) groups is 1. The van der Waals surface area contributed by atoms with Gasteiger partial charge in [0, 0.05) is 30.7 Å². The molecule has 1 amide bonds. The summed E-state index contributed by atoms with van der Waals surface area (Å²) in [5.41, 5.74) is 1.44. The van der Waals surface area contributed by atoms with Gasteiger partial charge in [0.1, 0.15) is 17.3 Å². The summed E-state index contributed by atoms with van der Waals surface area (Å²) in [7, 11) is 0. The van der Waals surface area contributed by atoms with Crippen LogP contribution in [-0.2, 0) is 6.42 Å². The number of hydrogen-bond donors (Lipinski definition) is 0. The normalized spacial score (nSPS) is 16.9. The van der Waals surface area contributed by atoms with Crippen LogP contribution in [0.3, 0.4) is 0 Å². The van der Waals surface area contributed by atoms with E-state index in [4.69, 9.17) is 16.0 Å². The number of halogens is 1. The maximum Gasteiger partial charge on any atom is 0.272 e. The fraction of sp³-hybridized carbons (Fsp3) is 0.333. The van der Waals surface area contributed by atoms with Gasteiger partial charge >= 0.3 is 0 Å². The number of carbonyl (C=O) groups excluding carboxylic acids is 1. The predicted molar refractivity (Wildman–Crippen MR) is 105 cm³/mol. The third-order valence-electron chi connectivity index (χ3n) is 4.95. The van der Waals surface area contributed by atoms with Crippen molar-refractivity contribution in [1.29, 1.82) is 0 Å². The van der Waals surface area contributed by atoms with E-state index in [0.717, 1.165) is 29.2 Å². The van der Waals surface area contributed by atoms with Crippen molar-refractivity contribution in [1.82, 2.24) is 19.9 Å². The lowest BCUT2D eigenvalue weighted by Crippen LogP contribution is -2.39. The minimum Gasteiger partial charge on any atom is -0.445 e. The van der Waals surface area contributed by atoms with E-state index < -0.39 is 0 Å². The molecule has 1 fully saturated rings. The summed E-state index contributed by atoms with van der Waals surface area (Å²) in [5.74, 6) is 2.06. The Morgan fingerprint density at radius 1 is 1.29 bits per heavy atom. The Labute approximate surface area is 168 Å². The molecule has 0 aliphatic carbocycles. The van der Waals surface area contributed by atoms with Crippen molar-refractivity contribution in [2.45, 2.75) is 32.1 Å². The number of likely N-dealkylation sites (tertiary alicyclic amines) is 1. The Balaban J connectivity index is 1.46. The van der Waals surface area contributed by atoms with Crippen LogP contribution in [0.5, 0.6) is 0 Å². The molecule has 1 aromatic carbocycles. The second-order valence-electron chi connectivity index (χ2n) is 7.01. The summed E-state index contributed by atoms with van der Waals surface area (Å²) < 4.78 is 6.00. The van der Waals surface area contributed by atoms with E-state index in [2.05, 4.69) is 15.0 Å². The number of rotatable bonds is 4. The smallest absolute Gasteiger partial charge is 0.272 e. The first-order chi connectivity index (χ1) is 13.6. The van der Waals surface area contributed by atoms with Gasteiger partial charge in [-0.1, -0.05) is 29.8 Å². The van der Waals surface area contributed by atoms with E-state index in [9.17, 15) is 4.79 Å². The summed E-state index contributed by atoms with van der Waals surface area (Å²) in [6.07, 6.45) is 5.82. The molecule has 144 valence electrons. The van der Waals surface area contributed by atoms with Gasteiger partial charge < -0.3 is 9.32 Å². The number of aromatic nitrogens is 3. The van der Waals surface area contributed by atoms with Gasteiger partial charge in [-0.05, 0) is 37.5 Å². The van der Waals surface area contributed by atoms with Crippen LogP contribution < -0.4 is 0 Å². The average Bonchev–Trinajstić information content (AvgIpc) is 3.18.